The number of hydrogen-bond donors (Lipinski definition) is 1. The highest BCUT2D eigenvalue weighted by atomic mass is 16.5. The van der Waals surface area contributed by atoms with Crippen LogP contribution >= 0.6 is 0 Å². The van der Waals surface area contributed by atoms with Gasteiger partial charge in [-0.05, 0) is 19.1 Å². The van der Waals surface area contributed by atoms with Gasteiger partial charge in [0, 0.05) is 26.2 Å². The van der Waals surface area contributed by atoms with Crippen molar-refractivity contribution in [3.05, 3.63) is 24.0 Å². The largest absolute Gasteiger partial charge is 0.482 e. The number of nitrogens with zero attached hydrogens (tertiary/aromatic N) is 2. The second-order valence-corrected chi connectivity index (χ2v) is 4.72. The first-order valence-electron chi connectivity index (χ1n) is 6.58. The molecular weight excluding hydrogens is 242 g/mol. The van der Waals surface area contributed by atoms with Gasteiger partial charge in [-0.15, -0.1) is 0 Å². The zero-order valence-corrected chi connectivity index (χ0v) is 12.1. The molecule has 19 heavy (non-hydrogen) atoms. The van der Waals surface area contributed by atoms with E-state index in [0.717, 1.165) is 12.2 Å². The normalized spacial score (nSPS) is 10.6. The molecule has 0 bridgehead atoms. The topological polar surface area (TPSA) is 54.5 Å². The van der Waals surface area contributed by atoms with Gasteiger partial charge in [-0.1, -0.05) is 13.8 Å². The van der Waals surface area contributed by atoms with Crippen LogP contribution in [0.5, 0.6) is 5.75 Å². The van der Waals surface area contributed by atoms with E-state index < -0.39 is 0 Å². The van der Waals surface area contributed by atoms with Gasteiger partial charge in [0.1, 0.15) is 5.75 Å². The number of carbonyl (C=O) groups excluding carboxylic acids is 1. The maximum atomic E-state index is 11.6. The molecule has 1 aromatic rings. The third-order valence-electron chi connectivity index (χ3n) is 2.75. The van der Waals surface area contributed by atoms with E-state index in [9.17, 15) is 4.79 Å². The van der Waals surface area contributed by atoms with Crippen LogP contribution in [0.2, 0.25) is 0 Å². The maximum Gasteiger partial charge on any atom is 0.260 e. The van der Waals surface area contributed by atoms with Crippen LogP contribution < -0.4 is 10.1 Å². The molecule has 0 aliphatic rings. The van der Waals surface area contributed by atoms with E-state index >= 15 is 0 Å². The molecule has 0 aliphatic carbocycles. The molecule has 1 aromatic heterocycles. The Hall–Kier alpha value is -1.62. The summed E-state index contributed by atoms with van der Waals surface area (Å²) in [6, 6.07) is 4.17. The molecule has 0 spiro atoms. The SMILES string of the molecule is CCN(C)C(=O)COc1ccc(CNC(C)C)nc1. The van der Waals surface area contributed by atoms with Crippen LogP contribution in [0, 0.1) is 0 Å². The number of pyridine rings is 1. The second kappa shape index (κ2) is 7.74. The summed E-state index contributed by atoms with van der Waals surface area (Å²) in [5.74, 6) is 0.583. The lowest BCUT2D eigenvalue weighted by molar-refractivity contribution is -0.131. The van der Waals surface area contributed by atoms with Gasteiger partial charge in [0.2, 0.25) is 0 Å². The number of hydrogen-bond acceptors (Lipinski definition) is 4. The van der Waals surface area contributed by atoms with Crippen molar-refractivity contribution in [1.29, 1.82) is 0 Å². The monoisotopic (exact) mass is 265 g/mol. The lowest BCUT2D eigenvalue weighted by Gasteiger charge is -2.14. The van der Waals surface area contributed by atoms with Crippen LogP contribution in [-0.2, 0) is 11.3 Å². The molecule has 1 rings (SSSR count). The number of rotatable bonds is 7. The highest BCUT2D eigenvalue weighted by Crippen LogP contribution is 2.09. The van der Waals surface area contributed by atoms with Crippen LogP contribution in [0.25, 0.3) is 0 Å². The van der Waals surface area contributed by atoms with Crippen LogP contribution in [0.4, 0.5) is 0 Å². The van der Waals surface area contributed by atoms with Crippen LogP contribution in [-0.4, -0.2) is 42.0 Å². The number of carbonyl (C=O) groups is 1. The average molecular weight is 265 g/mol. The standard InChI is InChI=1S/C14H23N3O2/c1-5-17(4)14(18)10-19-13-7-6-12(16-9-13)8-15-11(2)3/h6-7,9,11,15H,5,8,10H2,1-4H3. The predicted octanol–water partition coefficient (Wildman–Crippen LogP) is 1.44. The summed E-state index contributed by atoms with van der Waals surface area (Å²) in [4.78, 5) is 17.5. The summed E-state index contributed by atoms with van der Waals surface area (Å²) in [5.41, 5.74) is 0.957. The first-order chi connectivity index (χ1) is 9.02. The molecule has 0 radical (unpaired) electrons. The lowest BCUT2D eigenvalue weighted by atomic mass is 10.3. The van der Waals surface area contributed by atoms with E-state index in [0.29, 0.717) is 18.3 Å². The summed E-state index contributed by atoms with van der Waals surface area (Å²) >= 11 is 0. The van der Waals surface area contributed by atoms with E-state index in [1.807, 2.05) is 19.1 Å². The third kappa shape index (κ3) is 5.70. The molecule has 5 heteroatoms. The Balaban J connectivity index is 2.42. The molecule has 0 aromatic carbocycles. The molecule has 0 saturated heterocycles. The average Bonchev–Trinajstić information content (AvgIpc) is 2.42. The van der Waals surface area contributed by atoms with Gasteiger partial charge < -0.3 is 15.0 Å². The van der Waals surface area contributed by atoms with Gasteiger partial charge in [-0.3, -0.25) is 9.78 Å². The number of likely N-dealkylation sites (N-methyl/N-ethyl adjacent to an activating group) is 1. The summed E-state index contributed by atoms with van der Waals surface area (Å²) in [5, 5.41) is 3.29. The predicted molar refractivity (Wildman–Crippen MR) is 75.0 cm³/mol. The van der Waals surface area contributed by atoms with Crippen LogP contribution in [0.15, 0.2) is 18.3 Å². The first-order valence-corrected chi connectivity index (χ1v) is 6.58. The fourth-order valence-corrected chi connectivity index (χ4v) is 1.34. The van der Waals surface area contributed by atoms with Gasteiger partial charge in [0.25, 0.3) is 5.91 Å². The van der Waals surface area contributed by atoms with E-state index in [1.54, 1.807) is 18.1 Å². The zero-order valence-electron chi connectivity index (χ0n) is 12.1. The van der Waals surface area contributed by atoms with Gasteiger partial charge in [0.15, 0.2) is 6.61 Å². The smallest absolute Gasteiger partial charge is 0.260 e. The minimum atomic E-state index is -0.0342. The van der Waals surface area contributed by atoms with Crippen molar-refractivity contribution in [1.82, 2.24) is 15.2 Å². The first kappa shape index (κ1) is 15.4. The maximum absolute atomic E-state index is 11.6. The molecule has 1 heterocycles. The van der Waals surface area contributed by atoms with Crippen LogP contribution in [0.3, 0.4) is 0 Å². The van der Waals surface area contributed by atoms with Crippen molar-refractivity contribution in [2.75, 3.05) is 20.2 Å². The molecule has 5 nitrogen and oxygen atoms in total. The van der Waals surface area contributed by atoms with Crippen molar-refractivity contribution in [3.8, 4) is 5.75 Å². The van der Waals surface area contributed by atoms with Gasteiger partial charge >= 0.3 is 0 Å². The highest BCUT2D eigenvalue weighted by molar-refractivity contribution is 5.77. The van der Waals surface area contributed by atoms with Crippen molar-refractivity contribution < 1.29 is 9.53 Å². The molecule has 0 atom stereocenters. The molecule has 106 valence electrons. The Kier molecular flexibility index (Phi) is 6.29. The fraction of sp³-hybridized carbons (Fsp3) is 0.571. The summed E-state index contributed by atoms with van der Waals surface area (Å²) in [6.07, 6.45) is 1.65. The Morgan fingerprint density at radius 1 is 1.47 bits per heavy atom. The second-order valence-electron chi connectivity index (χ2n) is 4.72. The number of nitrogens with one attached hydrogen (secondary N) is 1. The molecular formula is C14H23N3O2. The summed E-state index contributed by atoms with van der Waals surface area (Å²) in [7, 11) is 1.75. The highest BCUT2D eigenvalue weighted by Gasteiger charge is 2.07. The molecule has 1 amide bonds. The third-order valence-corrected chi connectivity index (χ3v) is 2.75. The number of amides is 1. The van der Waals surface area contributed by atoms with Crippen molar-refractivity contribution in [2.24, 2.45) is 0 Å². The quantitative estimate of drug-likeness (QED) is 0.810. The van der Waals surface area contributed by atoms with Crippen LogP contribution in [0.1, 0.15) is 26.5 Å². The number of ether oxygens (including phenoxy) is 1. The Labute approximate surface area is 115 Å². The summed E-state index contributed by atoms with van der Waals surface area (Å²) < 4.78 is 5.40. The van der Waals surface area contributed by atoms with E-state index in [-0.39, 0.29) is 12.5 Å². The molecule has 1 N–H and O–H groups in total. The molecule has 0 fully saturated rings. The summed E-state index contributed by atoms with van der Waals surface area (Å²) in [6.45, 7) is 7.57. The van der Waals surface area contributed by atoms with Gasteiger partial charge in [-0.2, -0.15) is 0 Å². The van der Waals surface area contributed by atoms with Crippen molar-refractivity contribution in [2.45, 2.75) is 33.4 Å². The fourth-order valence-electron chi connectivity index (χ4n) is 1.34. The number of aromatic nitrogens is 1. The molecule has 0 unspecified atom stereocenters. The van der Waals surface area contributed by atoms with Crippen molar-refractivity contribution >= 4 is 5.91 Å². The van der Waals surface area contributed by atoms with Gasteiger partial charge in [0.05, 0.1) is 11.9 Å². The minimum Gasteiger partial charge on any atom is -0.482 e. The Bertz CT molecular complexity index is 390. The minimum absolute atomic E-state index is 0.0342. The Morgan fingerprint density at radius 2 is 2.21 bits per heavy atom. The Morgan fingerprint density at radius 3 is 2.74 bits per heavy atom. The van der Waals surface area contributed by atoms with Crippen molar-refractivity contribution in [3.63, 3.8) is 0 Å². The lowest BCUT2D eigenvalue weighted by Crippen LogP contribution is -2.31. The molecule has 0 saturated carbocycles. The van der Waals surface area contributed by atoms with Gasteiger partial charge in [-0.25, -0.2) is 0 Å². The zero-order chi connectivity index (χ0) is 14.3. The molecule has 0 aliphatic heterocycles. The van der Waals surface area contributed by atoms with E-state index in [2.05, 4.69) is 24.1 Å². The van der Waals surface area contributed by atoms with E-state index in [1.165, 1.54) is 0 Å². The van der Waals surface area contributed by atoms with E-state index in [4.69, 9.17) is 4.74 Å².